The molecule has 0 aromatic heterocycles. The van der Waals surface area contributed by atoms with Gasteiger partial charge >= 0.3 is 0 Å². The van der Waals surface area contributed by atoms with E-state index in [1.165, 1.54) is 51.6 Å². The molecule has 2 heteroatoms. The fourth-order valence-corrected chi connectivity index (χ4v) is 2.59. The van der Waals surface area contributed by atoms with Crippen LogP contribution in [0, 0.1) is 5.92 Å². The summed E-state index contributed by atoms with van der Waals surface area (Å²) in [4.78, 5) is 2.56. The lowest BCUT2D eigenvalue weighted by molar-refractivity contribution is -0.000340. The fraction of sp³-hybridized carbons (Fsp3) is 1.00. The van der Waals surface area contributed by atoms with E-state index in [0.717, 1.165) is 12.5 Å². The van der Waals surface area contributed by atoms with Crippen LogP contribution in [0.1, 0.15) is 52.4 Å². The Bertz CT molecular complexity index is 193. The maximum absolute atomic E-state index is 5.96. The van der Waals surface area contributed by atoms with Gasteiger partial charge in [-0.15, -0.1) is 0 Å². The molecule has 1 saturated heterocycles. The summed E-state index contributed by atoms with van der Waals surface area (Å²) in [7, 11) is 0. The van der Waals surface area contributed by atoms with Crippen LogP contribution in [0.2, 0.25) is 0 Å². The number of likely N-dealkylation sites (tertiary alicyclic amines) is 1. The largest absolute Gasteiger partial charge is 0.378 e. The Balaban J connectivity index is 1.50. The molecule has 2 rings (SSSR count). The van der Waals surface area contributed by atoms with Crippen molar-refractivity contribution in [2.75, 3.05) is 19.7 Å². The number of piperidine rings is 1. The van der Waals surface area contributed by atoms with E-state index in [0.29, 0.717) is 12.1 Å². The fourth-order valence-electron chi connectivity index (χ4n) is 2.59. The van der Waals surface area contributed by atoms with Crippen molar-refractivity contribution in [2.45, 2.75) is 64.5 Å². The van der Waals surface area contributed by atoms with Crippen LogP contribution < -0.4 is 0 Å². The van der Waals surface area contributed by atoms with Gasteiger partial charge in [-0.1, -0.05) is 12.8 Å². The molecule has 0 amide bonds. The SMILES string of the molecule is CC(C)N1CCC(OCCCC2CC2)CC1. The van der Waals surface area contributed by atoms with Crippen molar-refractivity contribution in [1.82, 2.24) is 4.90 Å². The van der Waals surface area contributed by atoms with Crippen molar-refractivity contribution in [3.05, 3.63) is 0 Å². The van der Waals surface area contributed by atoms with Crippen LogP contribution in [0.4, 0.5) is 0 Å². The van der Waals surface area contributed by atoms with Gasteiger partial charge in [-0.2, -0.15) is 0 Å². The van der Waals surface area contributed by atoms with Gasteiger partial charge in [0.1, 0.15) is 0 Å². The van der Waals surface area contributed by atoms with E-state index in [-0.39, 0.29) is 0 Å². The maximum atomic E-state index is 5.96. The lowest BCUT2D eigenvalue weighted by atomic mass is 10.1. The van der Waals surface area contributed by atoms with Crippen LogP contribution in [-0.2, 0) is 4.74 Å². The third kappa shape index (κ3) is 4.06. The molecule has 1 aliphatic carbocycles. The molecular weight excluding hydrogens is 198 g/mol. The average Bonchev–Trinajstić information content (AvgIpc) is 3.09. The molecule has 16 heavy (non-hydrogen) atoms. The molecule has 2 aliphatic rings. The van der Waals surface area contributed by atoms with E-state index in [1.54, 1.807) is 0 Å². The van der Waals surface area contributed by atoms with Crippen LogP contribution in [0.15, 0.2) is 0 Å². The first-order chi connectivity index (χ1) is 7.75. The highest BCUT2D eigenvalue weighted by Gasteiger charge is 2.22. The highest BCUT2D eigenvalue weighted by molar-refractivity contribution is 4.75. The van der Waals surface area contributed by atoms with Crippen LogP contribution in [0.25, 0.3) is 0 Å². The summed E-state index contributed by atoms with van der Waals surface area (Å²) in [6.45, 7) is 8.03. The normalized spacial score (nSPS) is 24.2. The summed E-state index contributed by atoms with van der Waals surface area (Å²) < 4.78 is 5.96. The lowest BCUT2D eigenvalue weighted by Gasteiger charge is -2.34. The predicted octanol–water partition coefficient (Wildman–Crippen LogP) is 3.07. The third-order valence-corrected chi connectivity index (χ3v) is 4.01. The van der Waals surface area contributed by atoms with Crippen molar-refractivity contribution in [3.8, 4) is 0 Å². The Morgan fingerprint density at radius 3 is 2.38 bits per heavy atom. The molecule has 2 fully saturated rings. The van der Waals surface area contributed by atoms with Gasteiger partial charge in [-0.05, 0) is 45.4 Å². The molecule has 94 valence electrons. The van der Waals surface area contributed by atoms with E-state index in [4.69, 9.17) is 4.74 Å². The van der Waals surface area contributed by atoms with Crippen molar-refractivity contribution in [2.24, 2.45) is 5.92 Å². The monoisotopic (exact) mass is 225 g/mol. The lowest BCUT2D eigenvalue weighted by Crippen LogP contribution is -2.40. The minimum absolute atomic E-state index is 0.550. The van der Waals surface area contributed by atoms with E-state index in [1.807, 2.05) is 0 Å². The second kappa shape index (κ2) is 6.02. The smallest absolute Gasteiger partial charge is 0.0599 e. The zero-order valence-electron chi connectivity index (χ0n) is 11.0. The highest BCUT2D eigenvalue weighted by Crippen LogP contribution is 2.33. The zero-order chi connectivity index (χ0) is 11.4. The molecule has 0 atom stereocenters. The summed E-state index contributed by atoms with van der Waals surface area (Å²) in [5.41, 5.74) is 0. The molecule has 1 saturated carbocycles. The van der Waals surface area contributed by atoms with Crippen molar-refractivity contribution >= 4 is 0 Å². The molecule has 0 bridgehead atoms. The van der Waals surface area contributed by atoms with Gasteiger partial charge < -0.3 is 9.64 Å². The minimum Gasteiger partial charge on any atom is -0.378 e. The van der Waals surface area contributed by atoms with E-state index < -0.39 is 0 Å². The number of nitrogens with zero attached hydrogens (tertiary/aromatic N) is 1. The topological polar surface area (TPSA) is 12.5 Å². The minimum atomic E-state index is 0.550. The molecule has 0 unspecified atom stereocenters. The Hall–Kier alpha value is -0.0800. The summed E-state index contributed by atoms with van der Waals surface area (Å²) in [6.07, 6.45) is 8.68. The van der Waals surface area contributed by atoms with Crippen LogP contribution in [0.3, 0.4) is 0 Å². The van der Waals surface area contributed by atoms with Gasteiger partial charge in [0.15, 0.2) is 0 Å². The molecule has 2 nitrogen and oxygen atoms in total. The standard InChI is InChI=1S/C14H27NO/c1-12(2)15-9-7-14(8-10-15)16-11-3-4-13-5-6-13/h12-14H,3-11H2,1-2H3. The van der Waals surface area contributed by atoms with E-state index in [2.05, 4.69) is 18.7 Å². The molecule has 0 N–H and O–H groups in total. The second-order valence-electron chi connectivity index (χ2n) is 5.79. The zero-order valence-corrected chi connectivity index (χ0v) is 11.0. The molecule has 0 spiro atoms. The van der Waals surface area contributed by atoms with Crippen LogP contribution in [-0.4, -0.2) is 36.7 Å². The van der Waals surface area contributed by atoms with E-state index >= 15 is 0 Å². The van der Waals surface area contributed by atoms with Gasteiger partial charge in [-0.3, -0.25) is 0 Å². The molecule has 1 aliphatic heterocycles. The van der Waals surface area contributed by atoms with Gasteiger partial charge in [0.05, 0.1) is 6.10 Å². The Morgan fingerprint density at radius 1 is 1.12 bits per heavy atom. The van der Waals surface area contributed by atoms with Gasteiger partial charge in [0.25, 0.3) is 0 Å². The van der Waals surface area contributed by atoms with Crippen molar-refractivity contribution in [1.29, 1.82) is 0 Å². The summed E-state index contributed by atoms with van der Waals surface area (Å²) in [5.74, 6) is 1.06. The van der Waals surface area contributed by atoms with Crippen LogP contribution >= 0.6 is 0 Å². The molecule has 0 radical (unpaired) electrons. The Morgan fingerprint density at radius 2 is 1.81 bits per heavy atom. The Kier molecular flexibility index (Phi) is 4.66. The first-order valence-corrected chi connectivity index (χ1v) is 7.11. The number of hydrogen-bond acceptors (Lipinski definition) is 2. The molecule has 1 heterocycles. The maximum Gasteiger partial charge on any atom is 0.0599 e. The summed E-state index contributed by atoms with van der Waals surface area (Å²) >= 11 is 0. The number of ether oxygens (including phenoxy) is 1. The van der Waals surface area contributed by atoms with Gasteiger partial charge in [0, 0.05) is 25.7 Å². The van der Waals surface area contributed by atoms with E-state index in [9.17, 15) is 0 Å². The first-order valence-electron chi connectivity index (χ1n) is 7.11. The van der Waals surface area contributed by atoms with Crippen molar-refractivity contribution in [3.63, 3.8) is 0 Å². The average molecular weight is 225 g/mol. The predicted molar refractivity (Wildman–Crippen MR) is 67.6 cm³/mol. The van der Waals surface area contributed by atoms with Crippen molar-refractivity contribution < 1.29 is 4.74 Å². The van der Waals surface area contributed by atoms with Crippen LogP contribution in [0.5, 0.6) is 0 Å². The van der Waals surface area contributed by atoms with Gasteiger partial charge in [0.2, 0.25) is 0 Å². The quantitative estimate of drug-likeness (QED) is 0.644. The molecule has 0 aromatic rings. The third-order valence-electron chi connectivity index (χ3n) is 4.01. The number of rotatable bonds is 6. The summed E-state index contributed by atoms with van der Waals surface area (Å²) in [6, 6.07) is 0.704. The second-order valence-corrected chi connectivity index (χ2v) is 5.79. The van der Waals surface area contributed by atoms with Gasteiger partial charge in [-0.25, -0.2) is 0 Å². The molecular formula is C14H27NO. The number of hydrogen-bond donors (Lipinski definition) is 0. The molecule has 0 aromatic carbocycles. The Labute approximate surface area is 100 Å². The summed E-state index contributed by atoms with van der Waals surface area (Å²) in [5, 5.41) is 0. The highest BCUT2D eigenvalue weighted by atomic mass is 16.5. The first kappa shape index (κ1) is 12.4.